The molecule has 2 aromatic rings. The highest BCUT2D eigenvalue weighted by atomic mass is 127. The zero-order valence-corrected chi connectivity index (χ0v) is 11.9. The Bertz CT molecular complexity index is 522. The lowest BCUT2D eigenvalue weighted by molar-refractivity contribution is 0.0992. The Morgan fingerprint density at radius 3 is 3.00 bits per heavy atom. The first kappa shape index (κ1) is 13.4. The van der Waals surface area contributed by atoms with Gasteiger partial charge in [-0.05, 0) is 40.8 Å². The van der Waals surface area contributed by atoms with Crippen LogP contribution < -0.4 is 5.32 Å². The molecule has 96 valence electrons. The first-order valence-electron chi connectivity index (χ1n) is 5.64. The standard InChI is InChI=1S/C12H14IN3O2/c13-9-1-2-11-10(7-9)12(16-8-15-11)14-3-5-18-6-4-17/h1-2,7-8,17H,3-6H2,(H,14,15,16). The molecule has 0 spiro atoms. The maximum atomic E-state index is 8.59. The second kappa shape index (κ2) is 6.81. The van der Waals surface area contributed by atoms with E-state index in [0.717, 1.165) is 20.3 Å². The van der Waals surface area contributed by atoms with E-state index >= 15 is 0 Å². The summed E-state index contributed by atoms with van der Waals surface area (Å²) in [6.07, 6.45) is 1.55. The molecule has 0 saturated heterocycles. The fourth-order valence-electron chi connectivity index (χ4n) is 1.58. The quantitative estimate of drug-likeness (QED) is 0.607. The van der Waals surface area contributed by atoms with Crippen molar-refractivity contribution in [1.29, 1.82) is 0 Å². The summed E-state index contributed by atoms with van der Waals surface area (Å²) in [6.45, 7) is 1.60. The number of nitrogens with zero attached hydrogens (tertiary/aromatic N) is 2. The second-order valence-electron chi connectivity index (χ2n) is 3.65. The van der Waals surface area contributed by atoms with Crippen molar-refractivity contribution in [2.45, 2.75) is 0 Å². The van der Waals surface area contributed by atoms with Gasteiger partial charge in [0.05, 0.1) is 25.3 Å². The van der Waals surface area contributed by atoms with Crippen LogP contribution in [0.25, 0.3) is 10.9 Å². The van der Waals surface area contributed by atoms with Gasteiger partial charge in [-0.2, -0.15) is 0 Å². The molecule has 0 amide bonds. The van der Waals surface area contributed by atoms with E-state index in [-0.39, 0.29) is 6.61 Å². The molecule has 0 aliphatic rings. The van der Waals surface area contributed by atoms with Crippen LogP contribution in [0, 0.1) is 3.57 Å². The Morgan fingerprint density at radius 2 is 2.17 bits per heavy atom. The fourth-order valence-corrected chi connectivity index (χ4v) is 2.07. The number of nitrogens with one attached hydrogen (secondary N) is 1. The van der Waals surface area contributed by atoms with Gasteiger partial charge < -0.3 is 15.2 Å². The number of aromatic nitrogens is 2. The Balaban J connectivity index is 2.05. The average molecular weight is 359 g/mol. The van der Waals surface area contributed by atoms with Crippen molar-refractivity contribution in [2.24, 2.45) is 0 Å². The van der Waals surface area contributed by atoms with E-state index in [1.807, 2.05) is 18.2 Å². The number of fused-ring (bicyclic) bond motifs is 1. The Kier molecular flexibility index (Phi) is 5.09. The average Bonchev–Trinajstić information content (AvgIpc) is 2.39. The van der Waals surface area contributed by atoms with Crippen molar-refractivity contribution in [2.75, 3.05) is 31.7 Å². The molecule has 1 heterocycles. The Morgan fingerprint density at radius 1 is 1.28 bits per heavy atom. The monoisotopic (exact) mass is 359 g/mol. The third kappa shape index (κ3) is 3.50. The molecule has 1 aromatic heterocycles. The van der Waals surface area contributed by atoms with Gasteiger partial charge in [0.2, 0.25) is 0 Å². The highest BCUT2D eigenvalue weighted by molar-refractivity contribution is 14.1. The number of anilines is 1. The van der Waals surface area contributed by atoms with E-state index in [0.29, 0.717) is 19.8 Å². The molecule has 6 heteroatoms. The topological polar surface area (TPSA) is 67.3 Å². The second-order valence-corrected chi connectivity index (χ2v) is 4.89. The molecule has 18 heavy (non-hydrogen) atoms. The number of rotatable bonds is 6. The van der Waals surface area contributed by atoms with E-state index in [1.165, 1.54) is 0 Å². The molecule has 0 aliphatic heterocycles. The number of hydrogen-bond acceptors (Lipinski definition) is 5. The van der Waals surface area contributed by atoms with Crippen LogP contribution in [-0.4, -0.2) is 41.4 Å². The van der Waals surface area contributed by atoms with Gasteiger partial charge in [0, 0.05) is 15.5 Å². The number of aliphatic hydroxyl groups is 1. The molecule has 2 rings (SSSR count). The van der Waals surface area contributed by atoms with Crippen LogP contribution in [0.1, 0.15) is 0 Å². The fraction of sp³-hybridized carbons (Fsp3) is 0.333. The van der Waals surface area contributed by atoms with Crippen LogP contribution >= 0.6 is 22.6 Å². The SMILES string of the molecule is OCCOCCNc1ncnc2ccc(I)cc12. The van der Waals surface area contributed by atoms with Crippen LogP contribution in [0.4, 0.5) is 5.82 Å². The summed E-state index contributed by atoms with van der Waals surface area (Å²) in [5.41, 5.74) is 0.921. The smallest absolute Gasteiger partial charge is 0.137 e. The molecule has 0 radical (unpaired) electrons. The van der Waals surface area contributed by atoms with Gasteiger partial charge in [0.25, 0.3) is 0 Å². The summed E-state index contributed by atoms with van der Waals surface area (Å²) in [5.74, 6) is 0.811. The summed E-state index contributed by atoms with van der Waals surface area (Å²) in [4.78, 5) is 8.46. The molecular weight excluding hydrogens is 345 g/mol. The Labute approximate surface area is 119 Å². The zero-order chi connectivity index (χ0) is 12.8. The van der Waals surface area contributed by atoms with Crippen LogP contribution in [0.3, 0.4) is 0 Å². The third-order valence-corrected chi connectivity index (χ3v) is 3.04. The summed E-state index contributed by atoms with van der Waals surface area (Å²) < 4.78 is 6.33. The highest BCUT2D eigenvalue weighted by Crippen LogP contribution is 2.21. The lowest BCUT2D eigenvalue weighted by atomic mass is 10.2. The number of halogens is 1. The highest BCUT2D eigenvalue weighted by Gasteiger charge is 2.03. The number of aliphatic hydroxyl groups excluding tert-OH is 1. The van der Waals surface area contributed by atoms with Crippen molar-refractivity contribution in [3.8, 4) is 0 Å². The van der Waals surface area contributed by atoms with Crippen molar-refractivity contribution in [1.82, 2.24) is 9.97 Å². The van der Waals surface area contributed by atoms with Gasteiger partial charge in [-0.25, -0.2) is 9.97 Å². The van der Waals surface area contributed by atoms with Crippen molar-refractivity contribution >= 4 is 39.3 Å². The van der Waals surface area contributed by atoms with Gasteiger partial charge in [0.1, 0.15) is 12.1 Å². The molecule has 0 atom stereocenters. The summed E-state index contributed by atoms with van der Waals surface area (Å²) >= 11 is 2.26. The number of benzene rings is 1. The predicted octanol–water partition coefficient (Wildman–Crippen LogP) is 1.66. The number of ether oxygens (including phenoxy) is 1. The molecule has 0 saturated carbocycles. The minimum atomic E-state index is 0.0502. The first-order valence-corrected chi connectivity index (χ1v) is 6.72. The normalized spacial score (nSPS) is 10.8. The summed E-state index contributed by atoms with van der Waals surface area (Å²) in [5, 5.41) is 12.8. The lowest BCUT2D eigenvalue weighted by Gasteiger charge is -2.08. The van der Waals surface area contributed by atoms with Gasteiger partial charge in [-0.1, -0.05) is 0 Å². The maximum Gasteiger partial charge on any atom is 0.137 e. The first-order chi connectivity index (χ1) is 8.81. The minimum absolute atomic E-state index is 0.0502. The van der Waals surface area contributed by atoms with Crippen LogP contribution in [0.5, 0.6) is 0 Å². The predicted molar refractivity (Wildman–Crippen MR) is 78.6 cm³/mol. The summed E-state index contributed by atoms with van der Waals surface area (Å²) in [7, 11) is 0. The Hall–Kier alpha value is -0.990. The van der Waals surface area contributed by atoms with Gasteiger partial charge in [0.15, 0.2) is 0 Å². The van der Waals surface area contributed by atoms with Crippen LogP contribution in [0.15, 0.2) is 24.5 Å². The van der Waals surface area contributed by atoms with Gasteiger partial charge in [-0.15, -0.1) is 0 Å². The molecule has 1 aromatic carbocycles. The summed E-state index contributed by atoms with van der Waals surface area (Å²) in [6, 6.07) is 6.04. The molecule has 2 N–H and O–H groups in total. The van der Waals surface area contributed by atoms with E-state index in [9.17, 15) is 0 Å². The molecule has 5 nitrogen and oxygen atoms in total. The van der Waals surface area contributed by atoms with E-state index in [2.05, 4.69) is 37.9 Å². The van der Waals surface area contributed by atoms with E-state index in [1.54, 1.807) is 6.33 Å². The van der Waals surface area contributed by atoms with E-state index < -0.39 is 0 Å². The van der Waals surface area contributed by atoms with E-state index in [4.69, 9.17) is 9.84 Å². The van der Waals surface area contributed by atoms with Crippen molar-refractivity contribution in [3.05, 3.63) is 28.1 Å². The van der Waals surface area contributed by atoms with Crippen molar-refractivity contribution in [3.63, 3.8) is 0 Å². The lowest BCUT2D eigenvalue weighted by Crippen LogP contribution is -2.12. The third-order valence-electron chi connectivity index (χ3n) is 2.37. The molecule has 0 unspecified atom stereocenters. The molecule has 0 bridgehead atoms. The molecular formula is C12H14IN3O2. The molecule has 0 aliphatic carbocycles. The van der Waals surface area contributed by atoms with Gasteiger partial charge >= 0.3 is 0 Å². The van der Waals surface area contributed by atoms with Crippen molar-refractivity contribution < 1.29 is 9.84 Å². The van der Waals surface area contributed by atoms with Gasteiger partial charge in [-0.3, -0.25) is 0 Å². The van der Waals surface area contributed by atoms with Crippen LogP contribution in [-0.2, 0) is 4.74 Å². The molecule has 0 fully saturated rings. The number of hydrogen-bond donors (Lipinski definition) is 2. The minimum Gasteiger partial charge on any atom is -0.394 e. The maximum absolute atomic E-state index is 8.59. The largest absolute Gasteiger partial charge is 0.394 e. The zero-order valence-electron chi connectivity index (χ0n) is 9.77. The van der Waals surface area contributed by atoms with Crippen LogP contribution in [0.2, 0.25) is 0 Å².